The summed E-state index contributed by atoms with van der Waals surface area (Å²) in [4.78, 5) is 4.50. The van der Waals surface area contributed by atoms with Gasteiger partial charge in [-0.25, -0.2) is 0 Å². The van der Waals surface area contributed by atoms with Crippen molar-refractivity contribution in [3.05, 3.63) is 78.3 Å². The maximum Gasteiger partial charge on any atom is 3.00 e. The quantitative estimate of drug-likeness (QED) is 0.186. The molecule has 0 aliphatic carbocycles. The molecule has 104 valence electrons. The summed E-state index contributed by atoms with van der Waals surface area (Å²) in [5.41, 5.74) is 40.5. The molecular weight excluding hydrogens is 450 g/mol. The molecule has 0 fully saturated rings. The van der Waals surface area contributed by atoms with Crippen molar-refractivity contribution in [3.63, 3.8) is 0 Å². The van der Waals surface area contributed by atoms with Crippen molar-refractivity contribution >= 4 is 13.2 Å². The minimum atomic E-state index is 0. The molecular formula is C8H11AuN9P. The Hall–Kier alpha value is -1.68. The van der Waals surface area contributed by atoms with Crippen LogP contribution in [0.5, 0.6) is 0 Å². The molecule has 9 nitrogen and oxygen atoms in total. The molecule has 0 aromatic heterocycles. The third-order valence-electron chi connectivity index (χ3n) is 1.27. The first-order valence-corrected chi connectivity index (χ1v) is 6.46. The molecule has 0 unspecified atom stereocenters. The molecule has 0 atom stereocenters. The smallest absolute Gasteiger partial charge is 0.373 e. The fourth-order valence-corrected chi connectivity index (χ4v) is 1.49. The van der Waals surface area contributed by atoms with E-state index >= 15 is 0 Å². The molecule has 0 spiro atoms. The van der Waals surface area contributed by atoms with Gasteiger partial charge in [-0.05, 0) is 18.6 Å². The normalized spacial score (nSPS) is 6.05. The Bertz CT molecular complexity index is 361. The molecule has 0 heterocycles. The SMILES string of the molecule is CP(C)c1ccccc1.[Au+3].[N-]=[N+]=[N-].[N-]=[N+]=[N-].[N-]=[N+]=[N-]. The molecule has 0 amide bonds. The predicted octanol–water partition coefficient (Wildman–Crippen LogP) is 4.65. The average Bonchev–Trinajstić information content (AvgIpc) is 2.33. The first-order chi connectivity index (χ1) is 8.55. The molecule has 1 rings (SSSR count). The third kappa shape index (κ3) is 31.4. The molecule has 1 aromatic carbocycles. The van der Waals surface area contributed by atoms with E-state index in [-0.39, 0.29) is 30.3 Å². The predicted molar refractivity (Wildman–Crippen MR) is 75.1 cm³/mol. The molecule has 0 radical (unpaired) electrons. The van der Waals surface area contributed by atoms with Gasteiger partial charge in [-0.2, -0.15) is 0 Å². The number of hydrogen-bond donors (Lipinski definition) is 0. The van der Waals surface area contributed by atoms with Gasteiger partial charge in [0.15, 0.2) is 0 Å². The van der Waals surface area contributed by atoms with E-state index in [1.165, 1.54) is 20.0 Å². The Morgan fingerprint density at radius 3 is 1.16 bits per heavy atom. The Kier molecular flexibility index (Phi) is 34.5. The molecule has 0 bridgehead atoms. The van der Waals surface area contributed by atoms with E-state index in [0.717, 1.165) is 0 Å². The summed E-state index contributed by atoms with van der Waals surface area (Å²) in [5.74, 6) is 0. The van der Waals surface area contributed by atoms with Crippen molar-refractivity contribution in [2.24, 2.45) is 0 Å². The van der Waals surface area contributed by atoms with E-state index in [0.29, 0.717) is 0 Å². The van der Waals surface area contributed by atoms with Gasteiger partial charge >= 0.3 is 22.4 Å². The Labute approximate surface area is 127 Å². The molecule has 0 saturated carbocycles. The minimum Gasteiger partial charge on any atom is -0.373 e. The monoisotopic (exact) mass is 461 g/mol. The van der Waals surface area contributed by atoms with E-state index in [9.17, 15) is 0 Å². The van der Waals surface area contributed by atoms with Crippen LogP contribution in [-0.2, 0) is 22.4 Å². The Morgan fingerprint density at radius 1 is 0.737 bits per heavy atom. The Morgan fingerprint density at radius 2 is 1.00 bits per heavy atom. The molecule has 0 aliphatic heterocycles. The number of nitrogens with zero attached hydrogens (tertiary/aromatic N) is 9. The van der Waals surface area contributed by atoms with Crippen molar-refractivity contribution in [1.29, 1.82) is 0 Å². The minimum absolute atomic E-state index is 0. The summed E-state index contributed by atoms with van der Waals surface area (Å²) in [7, 11) is 0.104. The van der Waals surface area contributed by atoms with Crippen molar-refractivity contribution in [2.45, 2.75) is 0 Å². The van der Waals surface area contributed by atoms with Gasteiger partial charge in [-0.3, -0.25) is 14.7 Å². The molecule has 0 N–H and O–H groups in total. The topological polar surface area (TPSA) is 176 Å². The molecule has 11 heteroatoms. The zero-order chi connectivity index (χ0) is 14.8. The number of hydrogen-bond acceptors (Lipinski definition) is 0. The maximum absolute atomic E-state index is 6.75. The van der Waals surface area contributed by atoms with Gasteiger partial charge in [0.05, 0.1) is 0 Å². The summed E-state index contributed by atoms with van der Waals surface area (Å²) in [5, 5.41) is 1.48. The Balaban J connectivity index is -0.0000000956. The fraction of sp³-hybridized carbons (Fsp3) is 0.250. The van der Waals surface area contributed by atoms with E-state index in [2.05, 4.69) is 43.7 Å². The third-order valence-corrected chi connectivity index (χ3v) is 2.60. The van der Waals surface area contributed by atoms with Gasteiger partial charge in [0, 0.05) is 0 Å². The summed E-state index contributed by atoms with van der Waals surface area (Å²) in [6, 6.07) is 10.6. The molecule has 19 heavy (non-hydrogen) atoms. The van der Waals surface area contributed by atoms with E-state index in [1.54, 1.807) is 0 Å². The second kappa shape index (κ2) is 25.2. The van der Waals surface area contributed by atoms with E-state index < -0.39 is 0 Å². The second-order valence-electron chi connectivity index (χ2n) is 2.50. The molecule has 0 aliphatic rings. The van der Waals surface area contributed by atoms with Crippen molar-refractivity contribution < 1.29 is 22.4 Å². The molecule has 1 aromatic rings. The van der Waals surface area contributed by atoms with Crippen LogP contribution < -0.4 is 5.30 Å². The van der Waals surface area contributed by atoms with Crippen LogP contribution in [0.4, 0.5) is 0 Å². The maximum atomic E-state index is 6.75. The van der Waals surface area contributed by atoms with Crippen LogP contribution in [0.2, 0.25) is 0 Å². The van der Waals surface area contributed by atoms with Crippen molar-refractivity contribution in [2.75, 3.05) is 13.3 Å². The number of benzene rings is 1. The van der Waals surface area contributed by atoms with Gasteiger partial charge in [-0.1, -0.05) is 38.3 Å². The summed E-state index contributed by atoms with van der Waals surface area (Å²) in [6.45, 7) is 4.54. The first kappa shape index (κ1) is 26.0. The fourth-order valence-electron chi connectivity index (χ4n) is 0.726. The van der Waals surface area contributed by atoms with Gasteiger partial charge in [0.1, 0.15) is 0 Å². The first-order valence-electron chi connectivity index (χ1n) is 4.23. The largest absolute Gasteiger partial charge is 3.00 e. The van der Waals surface area contributed by atoms with Crippen molar-refractivity contribution in [3.8, 4) is 0 Å². The van der Waals surface area contributed by atoms with Crippen LogP contribution in [0.15, 0.2) is 30.3 Å². The van der Waals surface area contributed by atoms with Crippen molar-refractivity contribution in [1.82, 2.24) is 0 Å². The van der Waals surface area contributed by atoms with Gasteiger partial charge in [0.2, 0.25) is 0 Å². The van der Waals surface area contributed by atoms with Crippen LogP contribution in [0.1, 0.15) is 0 Å². The van der Waals surface area contributed by atoms with E-state index in [1.807, 2.05) is 0 Å². The number of rotatable bonds is 1. The summed E-state index contributed by atoms with van der Waals surface area (Å²) >= 11 is 0. The molecule has 0 saturated heterocycles. The van der Waals surface area contributed by atoms with Crippen LogP contribution in [0.25, 0.3) is 47.9 Å². The van der Waals surface area contributed by atoms with Crippen LogP contribution in [0, 0.1) is 0 Å². The average molecular weight is 461 g/mol. The van der Waals surface area contributed by atoms with Gasteiger partial charge in [0.25, 0.3) is 0 Å². The standard InChI is InChI=1S/C8H11P.Au.3N3/c1-9(2)8-6-4-3-5-7-8;;3*1-3-2/h3-7H,1-2H3;;;;/q;+3;3*-1. The van der Waals surface area contributed by atoms with Gasteiger partial charge in [-0.15, -0.1) is 0 Å². The van der Waals surface area contributed by atoms with Gasteiger partial charge < -0.3 is 33.2 Å². The van der Waals surface area contributed by atoms with E-state index in [4.69, 9.17) is 33.2 Å². The summed E-state index contributed by atoms with van der Waals surface area (Å²) in [6.07, 6.45) is 0. The zero-order valence-electron chi connectivity index (χ0n) is 10.2. The summed E-state index contributed by atoms with van der Waals surface area (Å²) < 4.78 is 0. The zero-order valence-corrected chi connectivity index (χ0v) is 13.2. The van der Waals surface area contributed by atoms with Crippen LogP contribution in [0.3, 0.4) is 0 Å². The second-order valence-corrected chi connectivity index (χ2v) is 4.80. The van der Waals surface area contributed by atoms with Crippen LogP contribution >= 0.6 is 7.92 Å². The van der Waals surface area contributed by atoms with Crippen LogP contribution in [-0.4, -0.2) is 13.3 Å².